The first-order valence-electron chi connectivity index (χ1n) is 5.72. The predicted octanol–water partition coefficient (Wildman–Crippen LogP) is 0.974. The quantitative estimate of drug-likeness (QED) is 0.676. The fourth-order valence-corrected chi connectivity index (χ4v) is 2.28. The van der Waals surface area contributed by atoms with Gasteiger partial charge in [0.15, 0.2) is 0 Å². The van der Waals surface area contributed by atoms with Crippen molar-refractivity contribution in [3.05, 3.63) is 0 Å². The molecule has 1 N–H and O–H groups in total. The number of nitriles is 1. The van der Waals surface area contributed by atoms with Gasteiger partial charge in [-0.2, -0.15) is 5.26 Å². The van der Waals surface area contributed by atoms with Gasteiger partial charge in [-0.05, 0) is 44.7 Å². The van der Waals surface area contributed by atoms with E-state index in [1.165, 1.54) is 32.2 Å². The maximum Gasteiger partial charge on any atom is 0.0868 e. The van der Waals surface area contributed by atoms with Gasteiger partial charge in [0, 0.05) is 12.6 Å². The molecule has 0 bridgehead atoms. The van der Waals surface area contributed by atoms with Gasteiger partial charge in [0.05, 0.1) is 12.6 Å². The van der Waals surface area contributed by atoms with Gasteiger partial charge in [-0.1, -0.05) is 0 Å². The molecule has 14 heavy (non-hydrogen) atoms. The minimum Gasteiger partial charge on any atom is -0.316 e. The predicted molar refractivity (Wildman–Crippen MR) is 55.8 cm³/mol. The Morgan fingerprint density at radius 1 is 1.36 bits per heavy atom. The summed E-state index contributed by atoms with van der Waals surface area (Å²) in [5.41, 5.74) is 0. The van der Waals surface area contributed by atoms with Crippen LogP contribution in [0.4, 0.5) is 0 Å². The molecule has 1 saturated carbocycles. The van der Waals surface area contributed by atoms with Gasteiger partial charge in [0.25, 0.3) is 0 Å². The largest absolute Gasteiger partial charge is 0.316 e. The second-order valence-corrected chi connectivity index (χ2v) is 4.53. The maximum absolute atomic E-state index is 8.74. The molecule has 1 aliphatic carbocycles. The number of nitrogens with one attached hydrogen (secondary N) is 1. The smallest absolute Gasteiger partial charge is 0.0868 e. The van der Waals surface area contributed by atoms with Gasteiger partial charge < -0.3 is 5.32 Å². The van der Waals surface area contributed by atoms with Crippen LogP contribution in [0, 0.1) is 17.2 Å². The fourth-order valence-electron chi connectivity index (χ4n) is 2.28. The third-order valence-corrected chi connectivity index (χ3v) is 3.23. The molecule has 2 fully saturated rings. The van der Waals surface area contributed by atoms with E-state index in [9.17, 15) is 0 Å². The van der Waals surface area contributed by atoms with E-state index in [0.717, 1.165) is 25.0 Å². The van der Waals surface area contributed by atoms with Crippen LogP contribution in [0.5, 0.6) is 0 Å². The lowest BCUT2D eigenvalue weighted by Crippen LogP contribution is -2.39. The average molecular weight is 193 g/mol. The zero-order chi connectivity index (χ0) is 9.80. The second-order valence-electron chi connectivity index (χ2n) is 4.53. The molecule has 0 radical (unpaired) electrons. The standard InChI is InChI=1S/C11H19N3/c12-5-7-14(11-3-4-11)9-10-2-1-6-13-8-10/h10-11,13H,1-4,6-9H2. The van der Waals surface area contributed by atoms with E-state index in [2.05, 4.69) is 16.3 Å². The van der Waals surface area contributed by atoms with Crippen LogP contribution in [-0.2, 0) is 0 Å². The van der Waals surface area contributed by atoms with Crippen LogP contribution in [0.1, 0.15) is 25.7 Å². The van der Waals surface area contributed by atoms with E-state index in [1.54, 1.807) is 0 Å². The summed E-state index contributed by atoms with van der Waals surface area (Å²) in [5, 5.41) is 12.2. The zero-order valence-corrected chi connectivity index (χ0v) is 8.71. The van der Waals surface area contributed by atoms with Crippen molar-refractivity contribution in [2.75, 3.05) is 26.2 Å². The van der Waals surface area contributed by atoms with E-state index in [-0.39, 0.29) is 0 Å². The molecular formula is C11H19N3. The number of piperidine rings is 1. The Balaban J connectivity index is 1.77. The van der Waals surface area contributed by atoms with Gasteiger partial charge in [-0.15, -0.1) is 0 Å². The first kappa shape index (κ1) is 9.95. The normalized spacial score (nSPS) is 27.6. The van der Waals surface area contributed by atoms with Crippen molar-refractivity contribution in [3.8, 4) is 6.07 Å². The maximum atomic E-state index is 8.74. The molecule has 1 saturated heterocycles. The Morgan fingerprint density at radius 3 is 2.79 bits per heavy atom. The summed E-state index contributed by atoms with van der Waals surface area (Å²) in [6.45, 7) is 4.08. The Morgan fingerprint density at radius 2 is 2.21 bits per heavy atom. The van der Waals surface area contributed by atoms with Crippen molar-refractivity contribution in [1.82, 2.24) is 10.2 Å². The van der Waals surface area contributed by atoms with Gasteiger partial charge in [0.2, 0.25) is 0 Å². The third kappa shape index (κ3) is 2.70. The highest BCUT2D eigenvalue weighted by atomic mass is 15.2. The SMILES string of the molecule is N#CCN(CC1CCCNC1)C1CC1. The molecule has 0 spiro atoms. The number of rotatable bonds is 4. The van der Waals surface area contributed by atoms with Crippen molar-refractivity contribution < 1.29 is 0 Å². The van der Waals surface area contributed by atoms with Crippen molar-refractivity contribution in [1.29, 1.82) is 5.26 Å². The van der Waals surface area contributed by atoms with Gasteiger partial charge in [0.1, 0.15) is 0 Å². The molecule has 0 aromatic carbocycles. The minimum absolute atomic E-state index is 0.626. The Bertz CT molecular complexity index is 211. The highest BCUT2D eigenvalue weighted by Gasteiger charge is 2.30. The van der Waals surface area contributed by atoms with Crippen molar-refractivity contribution in [2.45, 2.75) is 31.7 Å². The topological polar surface area (TPSA) is 39.1 Å². The van der Waals surface area contributed by atoms with E-state index in [0.29, 0.717) is 6.54 Å². The van der Waals surface area contributed by atoms with Crippen LogP contribution in [0.2, 0.25) is 0 Å². The lowest BCUT2D eigenvalue weighted by Gasteiger charge is -2.28. The van der Waals surface area contributed by atoms with E-state index < -0.39 is 0 Å². The molecule has 1 unspecified atom stereocenters. The van der Waals surface area contributed by atoms with Crippen molar-refractivity contribution in [2.24, 2.45) is 5.92 Å². The molecule has 78 valence electrons. The summed E-state index contributed by atoms with van der Waals surface area (Å²) >= 11 is 0. The zero-order valence-electron chi connectivity index (χ0n) is 8.71. The summed E-state index contributed by atoms with van der Waals surface area (Å²) in [7, 11) is 0. The molecule has 1 aliphatic heterocycles. The molecule has 2 rings (SSSR count). The van der Waals surface area contributed by atoms with E-state index >= 15 is 0 Å². The summed E-state index contributed by atoms with van der Waals surface area (Å²) < 4.78 is 0. The first-order chi connectivity index (χ1) is 6.90. The third-order valence-electron chi connectivity index (χ3n) is 3.23. The average Bonchev–Trinajstić information content (AvgIpc) is 3.02. The summed E-state index contributed by atoms with van der Waals surface area (Å²) in [6.07, 6.45) is 5.25. The van der Waals surface area contributed by atoms with Crippen LogP contribution >= 0.6 is 0 Å². The van der Waals surface area contributed by atoms with Crippen LogP contribution in [0.15, 0.2) is 0 Å². The van der Waals surface area contributed by atoms with Crippen LogP contribution in [0.25, 0.3) is 0 Å². The molecule has 0 aromatic rings. The van der Waals surface area contributed by atoms with Gasteiger partial charge in [-0.3, -0.25) is 4.90 Å². The molecule has 2 aliphatic rings. The molecule has 0 amide bonds. The molecule has 1 atom stereocenters. The molecule has 3 nitrogen and oxygen atoms in total. The van der Waals surface area contributed by atoms with Crippen LogP contribution < -0.4 is 5.32 Å². The summed E-state index contributed by atoms with van der Waals surface area (Å²) in [6, 6.07) is 3.02. The Hall–Kier alpha value is -0.590. The number of hydrogen-bond donors (Lipinski definition) is 1. The van der Waals surface area contributed by atoms with Crippen LogP contribution in [-0.4, -0.2) is 37.1 Å². The molecule has 0 aromatic heterocycles. The first-order valence-corrected chi connectivity index (χ1v) is 5.72. The van der Waals surface area contributed by atoms with E-state index in [4.69, 9.17) is 5.26 Å². The number of hydrogen-bond acceptors (Lipinski definition) is 3. The highest BCUT2D eigenvalue weighted by Crippen LogP contribution is 2.27. The second kappa shape index (κ2) is 4.77. The lowest BCUT2D eigenvalue weighted by molar-refractivity contribution is 0.219. The van der Waals surface area contributed by atoms with Crippen molar-refractivity contribution >= 4 is 0 Å². The van der Waals surface area contributed by atoms with Gasteiger partial charge >= 0.3 is 0 Å². The van der Waals surface area contributed by atoms with E-state index in [1.807, 2.05) is 0 Å². The van der Waals surface area contributed by atoms with Crippen molar-refractivity contribution in [3.63, 3.8) is 0 Å². The highest BCUT2D eigenvalue weighted by molar-refractivity contribution is 4.91. The Labute approximate surface area is 86.1 Å². The lowest BCUT2D eigenvalue weighted by atomic mass is 9.99. The molecular weight excluding hydrogens is 174 g/mol. The van der Waals surface area contributed by atoms with Crippen LogP contribution in [0.3, 0.4) is 0 Å². The number of nitrogens with zero attached hydrogens (tertiary/aromatic N) is 2. The van der Waals surface area contributed by atoms with Gasteiger partial charge in [-0.25, -0.2) is 0 Å². The minimum atomic E-state index is 0.626. The Kier molecular flexibility index (Phi) is 3.39. The molecule has 3 heteroatoms. The fraction of sp³-hybridized carbons (Fsp3) is 0.909. The summed E-state index contributed by atoms with van der Waals surface area (Å²) in [4.78, 5) is 2.37. The monoisotopic (exact) mass is 193 g/mol. The molecule has 1 heterocycles. The summed E-state index contributed by atoms with van der Waals surface area (Å²) in [5.74, 6) is 0.776.